The number of thioether (sulfide) groups is 1. The van der Waals surface area contributed by atoms with Gasteiger partial charge in [0.15, 0.2) is 11.6 Å². The molecule has 6 nitrogen and oxygen atoms in total. The number of halogens is 1. The average molecular weight is 445 g/mol. The number of alkyl halides is 1. The van der Waals surface area contributed by atoms with E-state index in [1.54, 1.807) is 18.2 Å². The first-order valence-corrected chi connectivity index (χ1v) is 10.0. The summed E-state index contributed by atoms with van der Waals surface area (Å²) in [5.41, 5.74) is 0.409. The Hall–Kier alpha value is -2.63. The minimum absolute atomic E-state index is 0.0398. The Balaban J connectivity index is 2.24. The molecule has 0 saturated carbocycles. The lowest BCUT2D eigenvalue weighted by Crippen LogP contribution is -2.24. The van der Waals surface area contributed by atoms with Gasteiger partial charge < -0.3 is 10.4 Å². The number of amides is 1. The van der Waals surface area contributed by atoms with E-state index in [-0.39, 0.29) is 33.7 Å². The largest absolute Gasteiger partial charge is 0.507 e. The predicted molar refractivity (Wildman–Crippen MR) is 105 cm³/mol. The molecule has 2 aromatic carbocycles. The van der Waals surface area contributed by atoms with Gasteiger partial charge in [0, 0.05) is 27.1 Å². The molecule has 2 N–H and O–H groups in total. The standard InChI is InChI=1S/C19H13BrN2O4S/c20-6-8-27-13-9-12(23)15-16(17(13)22-14(24)5-7-21)19(26)11-4-2-1-3-10(11)18(15)25/h1-4,9,23H,5-6,8H2,(H,22,24). The number of anilines is 1. The van der Waals surface area contributed by atoms with Crippen molar-refractivity contribution in [1.82, 2.24) is 0 Å². The maximum atomic E-state index is 13.1. The van der Waals surface area contributed by atoms with Gasteiger partial charge in [-0.15, -0.1) is 11.8 Å². The van der Waals surface area contributed by atoms with Crippen LogP contribution in [0.1, 0.15) is 38.3 Å². The molecule has 0 spiro atoms. The van der Waals surface area contributed by atoms with Crippen molar-refractivity contribution in [3.63, 3.8) is 0 Å². The summed E-state index contributed by atoms with van der Waals surface area (Å²) in [4.78, 5) is 38.5. The van der Waals surface area contributed by atoms with Crippen LogP contribution >= 0.6 is 27.7 Å². The van der Waals surface area contributed by atoms with Gasteiger partial charge in [-0.1, -0.05) is 40.2 Å². The van der Waals surface area contributed by atoms with Crippen molar-refractivity contribution in [1.29, 1.82) is 5.26 Å². The van der Waals surface area contributed by atoms with E-state index in [1.807, 2.05) is 0 Å². The van der Waals surface area contributed by atoms with Crippen LogP contribution in [0, 0.1) is 11.3 Å². The Morgan fingerprint density at radius 1 is 1.19 bits per heavy atom. The SMILES string of the molecule is N#CCC(=O)Nc1c(SCCBr)cc(O)c2c1C(=O)c1ccccc1C2=O. The Morgan fingerprint density at radius 2 is 1.81 bits per heavy atom. The Morgan fingerprint density at radius 3 is 2.41 bits per heavy atom. The lowest BCUT2D eigenvalue weighted by Gasteiger charge is -2.23. The van der Waals surface area contributed by atoms with Crippen LogP contribution in [0.5, 0.6) is 5.75 Å². The molecule has 0 atom stereocenters. The van der Waals surface area contributed by atoms with Gasteiger partial charge in [0.25, 0.3) is 0 Å². The van der Waals surface area contributed by atoms with E-state index in [1.165, 1.54) is 30.0 Å². The fourth-order valence-corrected chi connectivity index (χ4v) is 4.17. The number of nitrogens with one attached hydrogen (secondary N) is 1. The van der Waals surface area contributed by atoms with Gasteiger partial charge in [-0.25, -0.2) is 0 Å². The molecule has 27 heavy (non-hydrogen) atoms. The lowest BCUT2D eigenvalue weighted by atomic mass is 9.82. The van der Waals surface area contributed by atoms with Crippen LogP contribution in [0.2, 0.25) is 0 Å². The maximum absolute atomic E-state index is 13.1. The molecule has 2 aromatic rings. The van der Waals surface area contributed by atoms with E-state index in [0.717, 1.165) is 0 Å². The van der Waals surface area contributed by atoms with Crippen molar-refractivity contribution in [2.24, 2.45) is 0 Å². The summed E-state index contributed by atoms with van der Waals surface area (Å²) in [6.07, 6.45) is -0.392. The second-order valence-electron chi connectivity index (χ2n) is 5.64. The second kappa shape index (κ2) is 7.94. The van der Waals surface area contributed by atoms with Gasteiger partial charge in [0.2, 0.25) is 5.91 Å². The summed E-state index contributed by atoms with van der Waals surface area (Å²) >= 11 is 4.62. The Labute approximate surface area is 167 Å². The summed E-state index contributed by atoms with van der Waals surface area (Å²) in [6.45, 7) is 0. The second-order valence-corrected chi connectivity index (χ2v) is 7.57. The van der Waals surface area contributed by atoms with E-state index in [0.29, 0.717) is 16.0 Å². The van der Waals surface area contributed by atoms with E-state index < -0.39 is 23.9 Å². The van der Waals surface area contributed by atoms with E-state index in [4.69, 9.17) is 5.26 Å². The first-order chi connectivity index (χ1) is 13.0. The summed E-state index contributed by atoms with van der Waals surface area (Å²) in [5, 5.41) is 22.4. The minimum atomic E-state index is -0.592. The zero-order valence-corrected chi connectivity index (χ0v) is 16.3. The third kappa shape index (κ3) is 3.48. The highest BCUT2D eigenvalue weighted by Crippen LogP contribution is 2.42. The molecular weight excluding hydrogens is 432 g/mol. The topological polar surface area (TPSA) is 107 Å². The van der Waals surface area contributed by atoms with Crippen LogP contribution in [0.15, 0.2) is 35.2 Å². The van der Waals surface area contributed by atoms with Gasteiger partial charge in [-0.05, 0) is 6.07 Å². The third-order valence-corrected chi connectivity index (χ3v) is 5.94. The fraction of sp³-hybridized carbons (Fsp3) is 0.158. The van der Waals surface area contributed by atoms with Gasteiger partial charge in [-0.3, -0.25) is 14.4 Å². The van der Waals surface area contributed by atoms with Crippen LogP contribution in [-0.4, -0.2) is 33.7 Å². The molecule has 136 valence electrons. The highest BCUT2D eigenvalue weighted by Gasteiger charge is 2.35. The number of nitrogens with zero attached hydrogens (tertiary/aromatic N) is 1. The number of carbonyl (C=O) groups is 3. The number of benzene rings is 2. The molecule has 1 amide bonds. The molecule has 1 aliphatic carbocycles. The number of hydrogen-bond donors (Lipinski definition) is 2. The maximum Gasteiger partial charge on any atom is 0.238 e. The van der Waals surface area contributed by atoms with E-state index in [2.05, 4.69) is 21.2 Å². The van der Waals surface area contributed by atoms with Crippen LogP contribution in [0.25, 0.3) is 0 Å². The zero-order valence-electron chi connectivity index (χ0n) is 13.9. The quantitative estimate of drug-likeness (QED) is 0.354. The van der Waals surface area contributed by atoms with Crippen molar-refractivity contribution in [3.8, 4) is 11.8 Å². The van der Waals surface area contributed by atoms with Gasteiger partial charge >= 0.3 is 0 Å². The van der Waals surface area contributed by atoms with Gasteiger partial charge in [0.1, 0.15) is 12.2 Å². The molecule has 8 heteroatoms. The first-order valence-electron chi connectivity index (χ1n) is 7.93. The number of ketones is 2. The first kappa shape index (κ1) is 19.1. The molecule has 0 unspecified atom stereocenters. The summed E-state index contributed by atoms with van der Waals surface area (Å²) < 4.78 is 0. The van der Waals surface area contributed by atoms with E-state index >= 15 is 0 Å². The number of rotatable bonds is 5. The highest BCUT2D eigenvalue weighted by atomic mass is 79.9. The monoisotopic (exact) mass is 444 g/mol. The molecule has 0 heterocycles. The molecule has 0 radical (unpaired) electrons. The number of hydrogen-bond acceptors (Lipinski definition) is 6. The number of phenolic OH excluding ortho intramolecular Hbond substituents is 1. The number of fused-ring (bicyclic) bond motifs is 2. The van der Waals surface area contributed by atoms with Crippen molar-refractivity contribution < 1.29 is 19.5 Å². The van der Waals surface area contributed by atoms with Crippen molar-refractivity contribution >= 4 is 50.9 Å². The molecular formula is C19H13BrN2O4S. The number of phenols is 1. The van der Waals surface area contributed by atoms with Gasteiger partial charge in [0.05, 0.1) is 22.9 Å². The molecule has 0 bridgehead atoms. The van der Waals surface area contributed by atoms with Crippen LogP contribution in [0.3, 0.4) is 0 Å². The smallest absolute Gasteiger partial charge is 0.238 e. The number of carbonyl (C=O) groups excluding carboxylic acids is 3. The normalized spacial score (nSPS) is 12.1. The number of aromatic hydroxyl groups is 1. The molecule has 0 aliphatic heterocycles. The van der Waals surface area contributed by atoms with Crippen LogP contribution < -0.4 is 5.32 Å². The highest BCUT2D eigenvalue weighted by molar-refractivity contribution is 9.09. The molecule has 0 saturated heterocycles. The minimum Gasteiger partial charge on any atom is -0.507 e. The third-order valence-electron chi connectivity index (χ3n) is 3.98. The van der Waals surface area contributed by atoms with Crippen molar-refractivity contribution in [2.75, 3.05) is 16.4 Å². The Kier molecular flexibility index (Phi) is 5.63. The average Bonchev–Trinajstić information content (AvgIpc) is 2.66. The van der Waals surface area contributed by atoms with Crippen molar-refractivity contribution in [3.05, 3.63) is 52.6 Å². The summed E-state index contributed by atoms with van der Waals surface area (Å²) in [6, 6.07) is 9.47. The van der Waals surface area contributed by atoms with Crippen LogP contribution in [-0.2, 0) is 4.79 Å². The fourth-order valence-electron chi connectivity index (χ4n) is 2.89. The predicted octanol–water partition coefficient (Wildman–Crippen LogP) is 3.51. The summed E-state index contributed by atoms with van der Waals surface area (Å²) in [5.74, 6) is -1.23. The summed E-state index contributed by atoms with van der Waals surface area (Å²) in [7, 11) is 0. The molecule has 0 aromatic heterocycles. The molecule has 3 rings (SSSR count). The van der Waals surface area contributed by atoms with Crippen LogP contribution in [0.4, 0.5) is 5.69 Å². The molecule has 0 fully saturated rings. The zero-order chi connectivity index (χ0) is 19.6. The van der Waals surface area contributed by atoms with Crippen molar-refractivity contribution in [2.45, 2.75) is 11.3 Å². The Bertz CT molecular complexity index is 1010. The lowest BCUT2D eigenvalue weighted by molar-refractivity contribution is -0.115. The van der Waals surface area contributed by atoms with E-state index in [9.17, 15) is 19.5 Å². The van der Waals surface area contributed by atoms with Gasteiger partial charge in [-0.2, -0.15) is 5.26 Å². The number of nitriles is 1. The molecule has 1 aliphatic rings.